The minimum Gasteiger partial charge on any atom is -0.353 e. The number of rotatable bonds is 7. The average Bonchev–Trinajstić information content (AvgIpc) is 2.70. The molecule has 27 heavy (non-hydrogen) atoms. The predicted octanol–water partition coefficient (Wildman–Crippen LogP) is 5.10. The first-order valence-corrected chi connectivity index (χ1v) is 15.1. The molecule has 0 spiro atoms. The largest absolute Gasteiger partial charge is 0.353 e. The molecule has 0 saturated carbocycles. The summed E-state index contributed by atoms with van der Waals surface area (Å²) in [5, 5.41) is 3.99. The predicted molar refractivity (Wildman–Crippen MR) is 125 cm³/mol. The molecular weight excluding hydrogens is 363 g/mol. The monoisotopic (exact) mass is 392 g/mol. The second kappa shape index (κ2) is 8.88. The van der Waals surface area contributed by atoms with Crippen LogP contribution in [0.25, 0.3) is 0 Å². The zero-order chi connectivity index (χ0) is 19.2. The van der Waals surface area contributed by atoms with Gasteiger partial charge in [0.25, 0.3) is 0 Å². The number of benzene rings is 3. The molecule has 3 aromatic rings. The van der Waals surface area contributed by atoms with Crippen molar-refractivity contribution in [2.45, 2.75) is 25.7 Å². The summed E-state index contributed by atoms with van der Waals surface area (Å²) in [4.78, 5) is 0. The molecule has 0 heterocycles. The maximum Gasteiger partial charge on any atom is 0.0502 e. The van der Waals surface area contributed by atoms with Crippen LogP contribution in [-0.2, 0) is 4.74 Å². The van der Waals surface area contributed by atoms with Crippen LogP contribution in [0.15, 0.2) is 91.0 Å². The number of ether oxygens (including phenoxy) is 1. The zero-order valence-corrected chi connectivity index (χ0v) is 18.4. The first-order chi connectivity index (χ1) is 13.0. The lowest BCUT2D eigenvalue weighted by molar-refractivity contribution is 0.348. The summed E-state index contributed by atoms with van der Waals surface area (Å²) in [7, 11) is -1.12. The van der Waals surface area contributed by atoms with Gasteiger partial charge in [0, 0.05) is 14.1 Å². The van der Waals surface area contributed by atoms with Crippen LogP contribution in [0.5, 0.6) is 0 Å². The Balaban J connectivity index is 2.17. The van der Waals surface area contributed by atoms with E-state index in [9.17, 15) is 0 Å². The van der Waals surface area contributed by atoms with Crippen molar-refractivity contribution in [2.24, 2.45) is 0 Å². The highest BCUT2D eigenvalue weighted by atomic mass is 31.2. The van der Waals surface area contributed by atoms with Gasteiger partial charge in [0.2, 0.25) is 0 Å². The van der Waals surface area contributed by atoms with Gasteiger partial charge in [-0.3, -0.25) is 0 Å². The highest BCUT2D eigenvalue weighted by molar-refractivity contribution is 7.94. The van der Waals surface area contributed by atoms with Crippen molar-refractivity contribution in [3.8, 4) is 0 Å². The number of hydrogen-bond donors (Lipinski definition) is 0. The standard InChI is InChI=1S/C24H29OPSi/c1-27(2,3)20-19-25-21-26(22-13-7-4-8-14-22,23-15-9-5-10-16-23)24-17-11-6-12-18-24/h4-18,21H,19-20H2,1-3H3. The first-order valence-electron chi connectivity index (χ1n) is 9.54. The molecule has 0 atom stereocenters. The van der Waals surface area contributed by atoms with Crippen LogP contribution in [0.4, 0.5) is 0 Å². The van der Waals surface area contributed by atoms with Gasteiger partial charge in [-0.05, 0) is 28.8 Å². The fourth-order valence-electron chi connectivity index (χ4n) is 3.15. The van der Waals surface area contributed by atoms with Crippen molar-refractivity contribution < 1.29 is 4.74 Å². The van der Waals surface area contributed by atoms with E-state index in [4.69, 9.17) is 4.74 Å². The van der Waals surface area contributed by atoms with Gasteiger partial charge in [-0.2, -0.15) is 0 Å². The average molecular weight is 393 g/mol. The Morgan fingerprint density at radius 3 is 1.37 bits per heavy atom. The van der Waals surface area contributed by atoms with E-state index in [-0.39, 0.29) is 0 Å². The van der Waals surface area contributed by atoms with E-state index < -0.39 is 15.0 Å². The van der Waals surface area contributed by atoms with Gasteiger partial charge in [-0.15, -0.1) is 0 Å². The van der Waals surface area contributed by atoms with Gasteiger partial charge in [0.05, 0.1) is 6.61 Å². The lowest BCUT2D eigenvalue weighted by Gasteiger charge is -2.28. The van der Waals surface area contributed by atoms with Gasteiger partial charge < -0.3 is 4.74 Å². The van der Waals surface area contributed by atoms with E-state index >= 15 is 0 Å². The van der Waals surface area contributed by atoms with Crippen LogP contribution >= 0.6 is 6.89 Å². The summed E-state index contributed by atoms with van der Waals surface area (Å²) < 4.78 is 6.30. The Bertz CT molecular complexity index is 781. The summed E-state index contributed by atoms with van der Waals surface area (Å²) in [6.07, 6.45) is 0. The highest BCUT2D eigenvalue weighted by Gasteiger charge is 2.25. The summed E-state index contributed by atoms with van der Waals surface area (Å²) in [6.45, 7) is 6.01. The van der Waals surface area contributed by atoms with Gasteiger partial charge in [0.15, 0.2) is 0 Å². The van der Waals surface area contributed by atoms with Crippen molar-refractivity contribution in [1.29, 1.82) is 0 Å². The Labute approximate surface area is 165 Å². The molecule has 0 aliphatic heterocycles. The summed E-state index contributed by atoms with van der Waals surface area (Å²) in [6, 6.07) is 33.7. The van der Waals surface area contributed by atoms with E-state index in [1.807, 2.05) is 0 Å². The molecule has 0 aliphatic rings. The van der Waals surface area contributed by atoms with Crippen molar-refractivity contribution in [3.05, 3.63) is 91.0 Å². The first kappa shape index (κ1) is 19.9. The fourth-order valence-corrected chi connectivity index (χ4v) is 7.39. The Morgan fingerprint density at radius 2 is 1.04 bits per heavy atom. The van der Waals surface area contributed by atoms with Crippen LogP contribution in [0.2, 0.25) is 25.7 Å². The van der Waals surface area contributed by atoms with E-state index in [0.29, 0.717) is 0 Å². The maximum absolute atomic E-state index is 6.30. The minimum absolute atomic E-state index is 0.796. The third-order valence-electron chi connectivity index (χ3n) is 4.69. The minimum atomic E-state index is -1.97. The molecule has 0 saturated heterocycles. The SMILES string of the molecule is C[Si](C)(C)CCOC=P(c1ccccc1)(c1ccccc1)c1ccccc1. The number of hydrogen-bond acceptors (Lipinski definition) is 1. The van der Waals surface area contributed by atoms with Crippen LogP contribution in [0.3, 0.4) is 0 Å². The Hall–Kier alpha value is -1.86. The third kappa shape index (κ3) is 4.90. The van der Waals surface area contributed by atoms with E-state index in [1.165, 1.54) is 22.0 Å². The Kier molecular flexibility index (Phi) is 6.54. The third-order valence-corrected chi connectivity index (χ3v) is 10.2. The topological polar surface area (TPSA) is 9.23 Å². The molecular formula is C24H29OPSi. The van der Waals surface area contributed by atoms with Crippen molar-refractivity contribution in [1.82, 2.24) is 0 Å². The summed E-state index contributed by atoms with van der Waals surface area (Å²) >= 11 is 0. The molecule has 0 bridgehead atoms. The van der Waals surface area contributed by atoms with Crippen molar-refractivity contribution >= 4 is 36.9 Å². The second-order valence-electron chi connectivity index (χ2n) is 8.02. The van der Waals surface area contributed by atoms with Crippen LogP contribution in [0, 0.1) is 0 Å². The van der Waals surface area contributed by atoms with Crippen LogP contribution in [0.1, 0.15) is 0 Å². The van der Waals surface area contributed by atoms with Gasteiger partial charge in [-0.25, -0.2) is 0 Å². The summed E-state index contributed by atoms with van der Waals surface area (Å²) in [5.74, 6) is 2.17. The van der Waals surface area contributed by atoms with Gasteiger partial charge in [0.1, 0.15) is 0 Å². The molecule has 0 unspecified atom stereocenters. The molecule has 140 valence electrons. The van der Waals surface area contributed by atoms with Crippen LogP contribution < -0.4 is 15.9 Å². The molecule has 0 aromatic heterocycles. The molecule has 0 N–H and O–H groups in total. The molecule has 0 radical (unpaired) electrons. The summed E-state index contributed by atoms with van der Waals surface area (Å²) in [5.41, 5.74) is 0. The zero-order valence-electron chi connectivity index (χ0n) is 16.5. The van der Waals surface area contributed by atoms with Crippen molar-refractivity contribution in [2.75, 3.05) is 6.61 Å². The van der Waals surface area contributed by atoms with E-state index in [1.54, 1.807) is 0 Å². The molecule has 0 aliphatic carbocycles. The molecule has 3 aromatic carbocycles. The highest BCUT2D eigenvalue weighted by Crippen LogP contribution is 2.43. The smallest absolute Gasteiger partial charge is 0.0502 e. The molecule has 1 nitrogen and oxygen atoms in total. The normalized spacial score (nSPS) is 12.0. The van der Waals surface area contributed by atoms with Crippen molar-refractivity contribution in [3.63, 3.8) is 0 Å². The molecule has 0 fully saturated rings. The Morgan fingerprint density at radius 1 is 0.667 bits per heavy atom. The van der Waals surface area contributed by atoms with E-state index in [0.717, 1.165) is 6.61 Å². The maximum atomic E-state index is 6.30. The lowest BCUT2D eigenvalue weighted by Crippen LogP contribution is -2.28. The molecule has 3 rings (SSSR count). The molecule has 3 heteroatoms. The van der Waals surface area contributed by atoms with E-state index in [2.05, 4.69) is 117 Å². The van der Waals surface area contributed by atoms with Gasteiger partial charge >= 0.3 is 0 Å². The van der Waals surface area contributed by atoms with Crippen LogP contribution in [-0.4, -0.2) is 20.7 Å². The van der Waals surface area contributed by atoms with Gasteiger partial charge in [-0.1, -0.05) is 111 Å². The fraction of sp³-hybridized carbons (Fsp3) is 0.208. The lowest BCUT2D eigenvalue weighted by atomic mass is 10.4. The second-order valence-corrected chi connectivity index (χ2v) is 16.8. The quantitative estimate of drug-likeness (QED) is 0.309. The molecule has 0 amide bonds.